The molecule has 1 saturated heterocycles. The van der Waals surface area contributed by atoms with Crippen LogP contribution in [0, 0.1) is 0 Å². The minimum absolute atomic E-state index is 0.00737. The Labute approximate surface area is 212 Å². The van der Waals surface area contributed by atoms with E-state index in [1.54, 1.807) is 0 Å². The van der Waals surface area contributed by atoms with Crippen LogP contribution < -0.4 is 19.5 Å². The van der Waals surface area contributed by atoms with Gasteiger partial charge in [-0.05, 0) is 30.7 Å². The van der Waals surface area contributed by atoms with Gasteiger partial charge in [0, 0.05) is 42.2 Å². The zero-order valence-electron chi connectivity index (χ0n) is 30.4. The Morgan fingerprint density at radius 3 is 2.78 bits per heavy atom. The van der Waals surface area contributed by atoms with Gasteiger partial charge < -0.3 is 24.3 Å². The standard InChI is InChI=1S/C23H27ClN4O4/c1-29-20-5-4-16(12-18(20)24)27-23-17-13-22(21(30-2)14-19(17)25-15-26-23)32-9-3-6-28-7-10-31-11-8-28/h4-5,12-15H,3,6-11H2,1-2H3,(H,25,26,27)/i1D3,2D3,7D2,8D2,10D2,11D2. The molecule has 8 nitrogen and oxygen atoms in total. The van der Waals surface area contributed by atoms with Crippen molar-refractivity contribution in [2.75, 3.05) is 58.7 Å². The molecule has 3 aromatic rings. The van der Waals surface area contributed by atoms with Crippen LogP contribution in [0.25, 0.3) is 10.9 Å². The van der Waals surface area contributed by atoms with Crippen LogP contribution in [0.5, 0.6) is 17.2 Å². The monoisotopic (exact) mass is 472 g/mol. The Kier molecular flexibility index (Phi) is 3.63. The fraction of sp³-hybridized carbons (Fsp3) is 0.391. The van der Waals surface area contributed by atoms with Crippen molar-refractivity contribution in [1.29, 1.82) is 0 Å². The molecule has 1 aliphatic rings. The van der Waals surface area contributed by atoms with Crippen LogP contribution in [0.4, 0.5) is 11.5 Å². The minimum Gasteiger partial charge on any atom is -0.495 e. The maximum atomic E-state index is 8.12. The second-order valence-corrected chi connectivity index (χ2v) is 6.80. The van der Waals surface area contributed by atoms with Gasteiger partial charge in [-0.3, -0.25) is 4.90 Å². The van der Waals surface area contributed by atoms with Gasteiger partial charge in [-0.1, -0.05) is 11.6 Å². The van der Waals surface area contributed by atoms with Gasteiger partial charge in [0.2, 0.25) is 0 Å². The van der Waals surface area contributed by atoms with Crippen LogP contribution in [0.1, 0.15) is 25.6 Å². The summed E-state index contributed by atoms with van der Waals surface area (Å²) in [6.07, 6.45) is 1.02. The first kappa shape index (κ1) is 10.9. The normalized spacial score (nSPS) is 27.9. The number of ether oxygens (including phenoxy) is 4. The van der Waals surface area contributed by atoms with Crippen molar-refractivity contribution in [1.82, 2.24) is 14.9 Å². The molecular formula is C23H27ClN4O4. The highest BCUT2D eigenvalue weighted by atomic mass is 35.5. The molecular weight excluding hydrogens is 432 g/mol. The highest BCUT2D eigenvalue weighted by molar-refractivity contribution is 6.32. The van der Waals surface area contributed by atoms with Crippen LogP contribution in [0.2, 0.25) is 5.02 Å². The van der Waals surface area contributed by atoms with E-state index < -0.39 is 46.7 Å². The van der Waals surface area contributed by atoms with Crippen molar-refractivity contribution in [2.24, 2.45) is 0 Å². The number of methoxy groups -OCH3 is 2. The van der Waals surface area contributed by atoms with Crippen LogP contribution in [0.15, 0.2) is 36.7 Å². The highest BCUT2D eigenvalue weighted by Crippen LogP contribution is 2.35. The number of fused-ring (bicyclic) bond motifs is 1. The fourth-order valence-corrected chi connectivity index (χ4v) is 3.10. The average Bonchev–Trinajstić information content (AvgIpc) is 2.87. The second kappa shape index (κ2) is 10.7. The molecule has 1 N–H and O–H groups in total. The zero-order valence-corrected chi connectivity index (χ0v) is 17.2. The maximum Gasteiger partial charge on any atom is 0.162 e. The molecule has 0 spiro atoms. The number of morpholine rings is 1. The van der Waals surface area contributed by atoms with Crippen LogP contribution in [0.3, 0.4) is 0 Å². The number of rotatable bonds is 9. The number of nitrogens with one attached hydrogen (secondary N) is 1. The topological polar surface area (TPSA) is 78.0 Å². The Hall–Kier alpha value is -2.81. The summed E-state index contributed by atoms with van der Waals surface area (Å²) < 4.78 is 128. The third kappa shape index (κ3) is 5.32. The molecule has 9 heteroatoms. The molecule has 0 bridgehead atoms. The first-order valence-corrected chi connectivity index (χ1v) is 9.65. The average molecular weight is 473 g/mol. The lowest BCUT2D eigenvalue weighted by molar-refractivity contribution is 0.0357. The molecule has 1 fully saturated rings. The summed E-state index contributed by atoms with van der Waals surface area (Å²) in [5.74, 6) is -0.224. The molecule has 170 valence electrons. The van der Waals surface area contributed by atoms with E-state index in [1.807, 2.05) is 0 Å². The summed E-state index contributed by atoms with van der Waals surface area (Å²) in [6.45, 7) is -13.4. The lowest BCUT2D eigenvalue weighted by Crippen LogP contribution is -2.37. The SMILES string of the molecule is [2H]C([2H])([2H])Oc1ccc(Nc2ncnc3cc(OC([2H])([2H])[2H])c(OCCCN4C([2H])([2H])C([2H])([2H])OC([2H])([2H])C4([2H])[2H])cc23)cc1Cl. The summed E-state index contributed by atoms with van der Waals surface area (Å²) in [7, 11) is -5.61. The number of hydrogen-bond acceptors (Lipinski definition) is 8. The lowest BCUT2D eigenvalue weighted by atomic mass is 10.2. The molecule has 4 rings (SSSR count). The number of hydrogen-bond donors (Lipinski definition) is 1. The number of aromatic nitrogens is 2. The van der Waals surface area contributed by atoms with Gasteiger partial charge in [-0.2, -0.15) is 0 Å². The fourth-order valence-electron chi connectivity index (χ4n) is 2.88. The van der Waals surface area contributed by atoms with Crippen molar-refractivity contribution in [3.63, 3.8) is 0 Å². The second-order valence-electron chi connectivity index (χ2n) is 6.40. The molecule has 2 heterocycles. The van der Waals surface area contributed by atoms with Crippen molar-refractivity contribution >= 4 is 34.0 Å². The van der Waals surface area contributed by atoms with E-state index in [4.69, 9.17) is 45.0 Å². The smallest absolute Gasteiger partial charge is 0.162 e. The number of anilines is 2. The predicted molar refractivity (Wildman–Crippen MR) is 125 cm³/mol. The van der Waals surface area contributed by atoms with Crippen molar-refractivity contribution < 1.29 is 38.1 Å². The Bertz CT molecular complexity index is 1560. The molecule has 0 saturated carbocycles. The van der Waals surface area contributed by atoms with Crippen LogP contribution in [-0.4, -0.2) is 68.2 Å². The third-order valence-electron chi connectivity index (χ3n) is 4.36. The van der Waals surface area contributed by atoms with E-state index in [0.717, 1.165) is 0 Å². The van der Waals surface area contributed by atoms with Gasteiger partial charge in [0.25, 0.3) is 0 Å². The summed E-state index contributed by atoms with van der Waals surface area (Å²) in [5, 5.41) is 3.31. The summed E-state index contributed by atoms with van der Waals surface area (Å²) in [6, 6.07) is 6.88. The van der Waals surface area contributed by atoms with Gasteiger partial charge in [-0.15, -0.1) is 0 Å². The van der Waals surface area contributed by atoms with Gasteiger partial charge in [0.05, 0.1) is 58.0 Å². The molecule has 1 aromatic heterocycles. The van der Waals surface area contributed by atoms with Gasteiger partial charge in [-0.25, -0.2) is 9.97 Å². The van der Waals surface area contributed by atoms with Crippen LogP contribution in [-0.2, 0) is 4.74 Å². The first-order valence-electron chi connectivity index (χ1n) is 16.3. The minimum atomic E-state index is -3.20. The molecule has 0 aliphatic carbocycles. The van der Waals surface area contributed by atoms with Gasteiger partial charge in [0.1, 0.15) is 17.9 Å². The van der Waals surface area contributed by atoms with E-state index in [9.17, 15) is 0 Å². The maximum absolute atomic E-state index is 8.12. The Balaban J connectivity index is 1.60. The quantitative estimate of drug-likeness (QED) is 0.465. The molecule has 0 radical (unpaired) electrons. The zero-order chi connectivity index (χ0) is 34.5. The number of halogens is 1. The molecule has 0 atom stereocenters. The lowest BCUT2D eigenvalue weighted by Gasteiger charge is -2.26. The van der Waals surface area contributed by atoms with E-state index >= 15 is 0 Å². The molecule has 2 aromatic carbocycles. The van der Waals surface area contributed by atoms with Gasteiger partial charge in [0.15, 0.2) is 11.5 Å². The molecule has 32 heavy (non-hydrogen) atoms. The van der Waals surface area contributed by atoms with Crippen molar-refractivity contribution in [2.45, 2.75) is 6.42 Å². The number of benzene rings is 2. The predicted octanol–water partition coefficient (Wildman–Crippen LogP) is 4.15. The Morgan fingerprint density at radius 1 is 1.12 bits per heavy atom. The van der Waals surface area contributed by atoms with E-state index in [1.165, 1.54) is 36.7 Å². The Morgan fingerprint density at radius 2 is 1.97 bits per heavy atom. The highest BCUT2D eigenvalue weighted by Gasteiger charge is 2.14. The molecule has 0 amide bonds. The summed E-state index contributed by atoms with van der Waals surface area (Å²) in [5.41, 5.74) is 0.610. The summed E-state index contributed by atoms with van der Waals surface area (Å²) >= 11 is 6.18. The van der Waals surface area contributed by atoms with E-state index in [2.05, 4.69) is 20.0 Å². The van der Waals surface area contributed by atoms with Crippen molar-refractivity contribution in [3.8, 4) is 17.2 Å². The van der Waals surface area contributed by atoms with Crippen LogP contribution >= 0.6 is 11.6 Å². The summed E-state index contributed by atoms with van der Waals surface area (Å²) in [4.78, 5) is 8.74. The number of nitrogens with zero attached hydrogens (tertiary/aromatic N) is 3. The molecule has 1 aliphatic heterocycles. The third-order valence-corrected chi connectivity index (χ3v) is 4.66. The van der Waals surface area contributed by atoms with Crippen molar-refractivity contribution in [3.05, 3.63) is 41.7 Å². The van der Waals surface area contributed by atoms with E-state index in [-0.39, 0.29) is 46.6 Å². The first-order chi connectivity index (χ1) is 20.9. The largest absolute Gasteiger partial charge is 0.495 e. The molecule has 0 unspecified atom stereocenters. The van der Waals surface area contributed by atoms with E-state index in [0.29, 0.717) is 16.0 Å². The van der Waals surface area contributed by atoms with Gasteiger partial charge >= 0.3 is 0 Å².